The molecule has 1 aliphatic rings. The van der Waals surface area contributed by atoms with Crippen molar-refractivity contribution < 1.29 is 9.53 Å². The molecule has 1 fully saturated rings. The number of nitrogens with zero attached hydrogens (tertiary/aromatic N) is 2. The third kappa shape index (κ3) is 3.32. The van der Waals surface area contributed by atoms with Gasteiger partial charge in [-0.3, -0.25) is 4.79 Å². The van der Waals surface area contributed by atoms with Gasteiger partial charge in [0.15, 0.2) is 5.17 Å². The lowest BCUT2D eigenvalue weighted by atomic mass is 10.2. The second-order valence-corrected chi connectivity index (χ2v) is 5.98. The maximum absolute atomic E-state index is 11.9. The molecule has 5 nitrogen and oxygen atoms in total. The zero-order valence-corrected chi connectivity index (χ0v) is 12.7. The van der Waals surface area contributed by atoms with Gasteiger partial charge < -0.3 is 10.1 Å². The van der Waals surface area contributed by atoms with E-state index in [1.165, 1.54) is 23.1 Å². The number of thioether (sulfide) groups is 1. The maximum atomic E-state index is 11.9. The molecule has 7 heteroatoms. The van der Waals surface area contributed by atoms with Gasteiger partial charge >= 0.3 is 0 Å². The van der Waals surface area contributed by atoms with Crippen molar-refractivity contribution in [3.63, 3.8) is 0 Å². The van der Waals surface area contributed by atoms with Crippen molar-refractivity contribution in [2.75, 3.05) is 7.11 Å². The topological polar surface area (TPSA) is 63.6 Å². The Kier molecular flexibility index (Phi) is 4.03. The Bertz CT molecular complexity index is 724. The molecule has 0 spiro atoms. The number of methoxy groups -OCH3 is 1. The monoisotopic (exact) mass is 317 g/mol. The number of aliphatic imine (C=N–C) groups is 1. The van der Waals surface area contributed by atoms with Crippen LogP contribution in [0, 0.1) is 0 Å². The molecular formula is C14H11N3O2S2. The highest BCUT2D eigenvalue weighted by Crippen LogP contribution is 2.29. The van der Waals surface area contributed by atoms with Gasteiger partial charge in [0.1, 0.15) is 5.75 Å². The molecule has 21 heavy (non-hydrogen) atoms. The summed E-state index contributed by atoms with van der Waals surface area (Å²) < 4.78 is 5.17. The van der Waals surface area contributed by atoms with Crippen LogP contribution in [0.5, 0.6) is 5.75 Å². The van der Waals surface area contributed by atoms with Crippen molar-refractivity contribution in [3.05, 3.63) is 46.3 Å². The van der Waals surface area contributed by atoms with Gasteiger partial charge in [0.05, 0.1) is 12.0 Å². The highest BCUT2D eigenvalue weighted by molar-refractivity contribution is 8.18. The van der Waals surface area contributed by atoms with Crippen LogP contribution >= 0.6 is 23.1 Å². The fourth-order valence-electron chi connectivity index (χ4n) is 1.72. The van der Waals surface area contributed by atoms with Crippen molar-refractivity contribution >= 4 is 45.4 Å². The summed E-state index contributed by atoms with van der Waals surface area (Å²) in [6.45, 7) is 0. The predicted octanol–water partition coefficient (Wildman–Crippen LogP) is 3.04. The van der Waals surface area contributed by atoms with Crippen molar-refractivity contribution in [2.24, 2.45) is 4.99 Å². The third-order valence-electron chi connectivity index (χ3n) is 2.66. The second-order valence-electron chi connectivity index (χ2n) is 4.07. The Hall–Kier alpha value is -2.12. The molecule has 1 aromatic heterocycles. The average Bonchev–Trinajstić information content (AvgIpc) is 3.10. The lowest BCUT2D eigenvalue weighted by molar-refractivity contribution is -0.115. The Morgan fingerprint density at radius 3 is 3.10 bits per heavy atom. The zero-order valence-electron chi connectivity index (χ0n) is 11.1. The largest absolute Gasteiger partial charge is 0.497 e. The summed E-state index contributed by atoms with van der Waals surface area (Å²) in [5.41, 5.74) is 0.905. The number of carbonyl (C=O) groups is 1. The summed E-state index contributed by atoms with van der Waals surface area (Å²) >= 11 is 2.72. The number of hydrogen-bond acceptors (Lipinski definition) is 6. The number of aromatic nitrogens is 1. The molecule has 3 rings (SSSR count). The van der Waals surface area contributed by atoms with E-state index < -0.39 is 0 Å². The lowest BCUT2D eigenvalue weighted by Gasteiger charge is -2.00. The molecule has 1 amide bonds. The van der Waals surface area contributed by atoms with Crippen LogP contribution in [0.25, 0.3) is 6.08 Å². The summed E-state index contributed by atoms with van der Waals surface area (Å²) in [6.07, 6.45) is 3.49. The Morgan fingerprint density at radius 1 is 1.43 bits per heavy atom. The number of ether oxygens (including phenoxy) is 1. The van der Waals surface area contributed by atoms with Gasteiger partial charge in [0.25, 0.3) is 5.91 Å². The molecule has 106 valence electrons. The number of amidine groups is 1. The SMILES string of the molecule is COc1cccc(/C=C2\S/C(=N/c3nccs3)NC2=O)c1. The first-order valence-electron chi connectivity index (χ1n) is 6.08. The summed E-state index contributed by atoms with van der Waals surface area (Å²) in [4.78, 5) is 20.9. The standard InChI is InChI=1S/C14H11N3O2S2/c1-19-10-4-2-3-9(7-10)8-11-12(18)16-14(21-11)17-13-15-5-6-20-13/h2-8H,1H3,(H,15,16,17,18)/b11-8-. The van der Waals surface area contributed by atoms with Crippen molar-refractivity contribution in [3.8, 4) is 5.75 Å². The van der Waals surface area contributed by atoms with Crippen LogP contribution in [0.4, 0.5) is 5.13 Å². The van der Waals surface area contributed by atoms with E-state index in [-0.39, 0.29) is 5.91 Å². The molecule has 0 aliphatic carbocycles. The quantitative estimate of drug-likeness (QED) is 0.884. The van der Waals surface area contributed by atoms with E-state index in [9.17, 15) is 4.79 Å². The number of nitrogens with one attached hydrogen (secondary N) is 1. The maximum Gasteiger partial charge on any atom is 0.264 e. The van der Waals surface area contributed by atoms with Gasteiger partial charge in [-0.25, -0.2) is 4.98 Å². The minimum atomic E-state index is -0.155. The van der Waals surface area contributed by atoms with E-state index in [0.29, 0.717) is 15.2 Å². The van der Waals surface area contributed by atoms with E-state index >= 15 is 0 Å². The van der Waals surface area contributed by atoms with Crippen molar-refractivity contribution in [2.45, 2.75) is 0 Å². The van der Waals surface area contributed by atoms with Crippen LogP contribution in [-0.4, -0.2) is 23.2 Å². The van der Waals surface area contributed by atoms with Crippen LogP contribution < -0.4 is 10.1 Å². The molecule has 1 N–H and O–H groups in total. The van der Waals surface area contributed by atoms with Gasteiger partial charge in [-0.15, -0.1) is 11.3 Å². The van der Waals surface area contributed by atoms with Crippen LogP contribution in [0.3, 0.4) is 0 Å². The lowest BCUT2D eigenvalue weighted by Crippen LogP contribution is -2.19. The van der Waals surface area contributed by atoms with Crippen molar-refractivity contribution in [1.29, 1.82) is 0 Å². The van der Waals surface area contributed by atoms with Gasteiger partial charge in [-0.2, -0.15) is 4.99 Å². The number of carbonyl (C=O) groups excluding carboxylic acids is 1. The van der Waals surface area contributed by atoms with Gasteiger partial charge in [0, 0.05) is 11.6 Å². The highest BCUT2D eigenvalue weighted by Gasteiger charge is 2.24. The fourth-order valence-corrected chi connectivity index (χ4v) is 3.11. The smallest absolute Gasteiger partial charge is 0.264 e. The van der Waals surface area contributed by atoms with Gasteiger partial charge in [-0.05, 0) is 35.5 Å². The Balaban J connectivity index is 1.83. The van der Waals surface area contributed by atoms with E-state index in [4.69, 9.17) is 4.74 Å². The van der Waals surface area contributed by atoms with Crippen LogP contribution in [0.15, 0.2) is 45.7 Å². The van der Waals surface area contributed by atoms with E-state index in [1.807, 2.05) is 35.7 Å². The first-order valence-corrected chi connectivity index (χ1v) is 7.77. The van der Waals surface area contributed by atoms with Crippen LogP contribution in [0.1, 0.15) is 5.56 Å². The molecule has 1 aromatic carbocycles. The normalized spacial score (nSPS) is 18.2. The minimum Gasteiger partial charge on any atom is -0.497 e. The summed E-state index contributed by atoms with van der Waals surface area (Å²) in [5.74, 6) is 0.600. The molecule has 0 bridgehead atoms. The summed E-state index contributed by atoms with van der Waals surface area (Å²) in [6, 6.07) is 7.53. The molecule has 2 aromatic rings. The molecule has 0 saturated carbocycles. The zero-order chi connectivity index (χ0) is 14.7. The Morgan fingerprint density at radius 2 is 2.33 bits per heavy atom. The molecule has 0 radical (unpaired) electrons. The number of hydrogen-bond donors (Lipinski definition) is 1. The number of amides is 1. The van der Waals surface area contributed by atoms with Crippen LogP contribution in [0.2, 0.25) is 0 Å². The summed E-state index contributed by atoms with van der Waals surface area (Å²) in [5, 5.41) is 5.74. The summed E-state index contributed by atoms with van der Waals surface area (Å²) in [7, 11) is 1.61. The first kappa shape index (κ1) is 13.8. The molecule has 1 saturated heterocycles. The fraction of sp³-hybridized carbons (Fsp3) is 0.0714. The van der Waals surface area contributed by atoms with E-state index in [2.05, 4.69) is 15.3 Å². The van der Waals surface area contributed by atoms with E-state index in [0.717, 1.165) is 11.3 Å². The predicted molar refractivity (Wildman–Crippen MR) is 85.9 cm³/mol. The molecule has 1 aliphatic heterocycles. The van der Waals surface area contributed by atoms with Crippen molar-refractivity contribution in [1.82, 2.24) is 10.3 Å². The van der Waals surface area contributed by atoms with E-state index in [1.54, 1.807) is 13.3 Å². The van der Waals surface area contributed by atoms with Gasteiger partial charge in [-0.1, -0.05) is 12.1 Å². The minimum absolute atomic E-state index is 0.155. The molecule has 2 heterocycles. The number of rotatable bonds is 3. The van der Waals surface area contributed by atoms with Gasteiger partial charge in [0.2, 0.25) is 5.13 Å². The number of thiazole rings is 1. The molecule has 0 unspecified atom stereocenters. The average molecular weight is 317 g/mol. The Labute approximate surface area is 129 Å². The second kappa shape index (κ2) is 6.11. The molecular weight excluding hydrogens is 306 g/mol. The first-order chi connectivity index (χ1) is 10.2. The van der Waals surface area contributed by atoms with Crippen LogP contribution in [-0.2, 0) is 4.79 Å². The number of benzene rings is 1. The molecule has 0 atom stereocenters. The highest BCUT2D eigenvalue weighted by atomic mass is 32.2. The third-order valence-corrected chi connectivity index (χ3v) is 4.23.